The van der Waals surface area contributed by atoms with E-state index >= 15 is 0 Å². The molecule has 1 saturated heterocycles. The maximum Gasteiger partial charge on any atom is 0.335 e. The Labute approximate surface area is 233 Å². The Kier molecular flexibility index (Phi) is 9.23. The molecule has 0 spiro atoms. The molecule has 210 valence electrons. The highest BCUT2D eigenvalue weighted by Crippen LogP contribution is 2.28. The zero-order chi connectivity index (χ0) is 28.6. The molecule has 0 bridgehead atoms. The van der Waals surface area contributed by atoms with Gasteiger partial charge in [-0.15, -0.1) is 0 Å². The smallest absolute Gasteiger partial charge is 0.335 e. The number of likely N-dealkylation sites (N-methyl/N-ethyl adjacent to an activating group) is 1. The highest BCUT2D eigenvalue weighted by atomic mass is 16.5. The van der Waals surface area contributed by atoms with E-state index in [0.717, 1.165) is 17.5 Å². The fraction of sp³-hybridized carbons (Fsp3) is 0.300. The summed E-state index contributed by atoms with van der Waals surface area (Å²) in [6.45, 7) is 2.76. The van der Waals surface area contributed by atoms with Crippen molar-refractivity contribution in [2.75, 3.05) is 37.9 Å². The van der Waals surface area contributed by atoms with Crippen LogP contribution in [0, 0.1) is 6.92 Å². The second-order valence-corrected chi connectivity index (χ2v) is 9.67. The van der Waals surface area contributed by atoms with E-state index in [-0.39, 0.29) is 30.0 Å². The number of carbonyl (C=O) groups is 3. The van der Waals surface area contributed by atoms with Gasteiger partial charge in [0.15, 0.2) is 0 Å². The lowest BCUT2D eigenvalue weighted by molar-refractivity contribution is -0.131. The van der Waals surface area contributed by atoms with Crippen molar-refractivity contribution in [1.82, 2.24) is 10.2 Å². The third-order valence-corrected chi connectivity index (χ3v) is 6.95. The Morgan fingerprint density at radius 1 is 1.00 bits per heavy atom. The van der Waals surface area contributed by atoms with Crippen LogP contribution in [0.5, 0.6) is 11.5 Å². The van der Waals surface area contributed by atoms with E-state index in [1.807, 2.05) is 43.1 Å². The predicted molar refractivity (Wildman–Crippen MR) is 152 cm³/mol. The highest BCUT2D eigenvalue weighted by Gasteiger charge is 2.35. The maximum absolute atomic E-state index is 13.4. The number of aromatic carboxylic acids is 1. The molecule has 2 atom stereocenters. The van der Waals surface area contributed by atoms with Gasteiger partial charge in [0, 0.05) is 18.3 Å². The third-order valence-electron chi connectivity index (χ3n) is 6.95. The SMILES string of the molecule is CN[C@H]1C[C@@H](COc2ccc(C(=O)O)cc2)N(C(=O)Cc2ccc(NC(=O)Nc3ccccc3C)c(OC)c2)C1. The minimum atomic E-state index is -0.998. The molecule has 0 aromatic heterocycles. The Morgan fingerprint density at radius 3 is 2.40 bits per heavy atom. The van der Waals surface area contributed by atoms with Crippen molar-refractivity contribution in [3.05, 3.63) is 83.4 Å². The summed E-state index contributed by atoms with van der Waals surface area (Å²) in [5, 5.41) is 18.0. The largest absolute Gasteiger partial charge is 0.495 e. The van der Waals surface area contributed by atoms with Crippen LogP contribution in [0.2, 0.25) is 0 Å². The molecule has 3 amide bonds. The summed E-state index contributed by atoms with van der Waals surface area (Å²) < 4.78 is 11.4. The molecular formula is C30H34N4O6. The summed E-state index contributed by atoms with van der Waals surface area (Å²) >= 11 is 0. The molecule has 1 heterocycles. The summed E-state index contributed by atoms with van der Waals surface area (Å²) in [6.07, 6.45) is 0.893. The monoisotopic (exact) mass is 546 g/mol. The summed E-state index contributed by atoms with van der Waals surface area (Å²) in [5.74, 6) is -0.0522. The normalized spacial score (nSPS) is 16.3. The van der Waals surface area contributed by atoms with E-state index in [2.05, 4.69) is 16.0 Å². The van der Waals surface area contributed by atoms with Crippen LogP contribution in [0.25, 0.3) is 0 Å². The summed E-state index contributed by atoms with van der Waals surface area (Å²) in [5.41, 5.74) is 3.08. The average Bonchev–Trinajstić information content (AvgIpc) is 3.38. The summed E-state index contributed by atoms with van der Waals surface area (Å²) in [6, 6.07) is 18.6. The second-order valence-electron chi connectivity index (χ2n) is 9.67. The van der Waals surface area contributed by atoms with E-state index in [1.165, 1.54) is 19.2 Å². The van der Waals surface area contributed by atoms with Crippen molar-refractivity contribution in [3.8, 4) is 11.5 Å². The minimum absolute atomic E-state index is 0.0485. The topological polar surface area (TPSA) is 129 Å². The molecule has 1 aliphatic heterocycles. The van der Waals surface area contributed by atoms with E-state index in [9.17, 15) is 14.4 Å². The minimum Gasteiger partial charge on any atom is -0.495 e. The van der Waals surface area contributed by atoms with Gasteiger partial charge in [-0.2, -0.15) is 0 Å². The number of benzene rings is 3. The first-order valence-corrected chi connectivity index (χ1v) is 13.0. The number of carbonyl (C=O) groups excluding carboxylic acids is 2. The van der Waals surface area contributed by atoms with Gasteiger partial charge in [-0.3, -0.25) is 4.79 Å². The highest BCUT2D eigenvalue weighted by molar-refractivity contribution is 6.01. The number of para-hydroxylation sites is 1. The number of aryl methyl sites for hydroxylation is 1. The summed E-state index contributed by atoms with van der Waals surface area (Å²) in [4.78, 5) is 38.8. The lowest BCUT2D eigenvalue weighted by Crippen LogP contribution is -2.40. The van der Waals surface area contributed by atoms with Gasteiger partial charge >= 0.3 is 12.0 Å². The average molecular weight is 547 g/mol. The van der Waals surface area contributed by atoms with Crippen molar-refractivity contribution >= 4 is 29.3 Å². The Morgan fingerprint density at radius 2 is 1.73 bits per heavy atom. The molecule has 0 saturated carbocycles. The van der Waals surface area contributed by atoms with E-state index in [4.69, 9.17) is 14.6 Å². The number of methoxy groups -OCH3 is 1. The number of carboxylic acid groups (broad SMARTS) is 1. The van der Waals surface area contributed by atoms with Crippen molar-refractivity contribution < 1.29 is 29.0 Å². The number of nitrogens with one attached hydrogen (secondary N) is 3. The number of urea groups is 1. The number of hydrogen-bond acceptors (Lipinski definition) is 6. The Bertz CT molecular complexity index is 1360. The predicted octanol–water partition coefficient (Wildman–Crippen LogP) is 4.16. The van der Waals surface area contributed by atoms with Gasteiger partial charge in [-0.05, 0) is 74.0 Å². The molecule has 10 heteroatoms. The van der Waals surface area contributed by atoms with E-state index in [1.54, 1.807) is 30.3 Å². The van der Waals surface area contributed by atoms with Gasteiger partial charge in [0.05, 0.1) is 30.8 Å². The first-order chi connectivity index (χ1) is 19.3. The number of likely N-dealkylation sites (tertiary alicyclic amines) is 1. The lowest BCUT2D eigenvalue weighted by Gasteiger charge is -2.25. The molecule has 1 fully saturated rings. The van der Waals surface area contributed by atoms with Crippen LogP contribution in [0.15, 0.2) is 66.7 Å². The van der Waals surface area contributed by atoms with Crippen molar-refractivity contribution in [3.63, 3.8) is 0 Å². The number of hydrogen-bond donors (Lipinski definition) is 4. The van der Waals surface area contributed by atoms with E-state index in [0.29, 0.717) is 36.0 Å². The molecule has 0 aliphatic carbocycles. The van der Waals surface area contributed by atoms with Crippen LogP contribution in [0.1, 0.15) is 27.9 Å². The standard InChI is InChI=1S/C30H34N4O6/c1-19-6-4-5-7-25(19)32-30(38)33-26-13-8-20(14-27(26)39-3)15-28(35)34-17-22(31-2)16-23(34)18-40-24-11-9-21(10-12-24)29(36)37/h4-14,22-23,31H,15-18H2,1-3H3,(H,36,37)(H2,32,33,38)/t22-,23-/m0/s1. The first kappa shape index (κ1) is 28.4. The second kappa shape index (κ2) is 13.0. The fourth-order valence-corrected chi connectivity index (χ4v) is 4.69. The number of carboxylic acids is 1. The first-order valence-electron chi connectivity index (χ1n) is 13.0. The molecule has 3 aromatic carbocycles. The Balaban J connectivity index is 1.39. The van der Waals surface area contributed by atoms with Gasteiger partial charge in [0.2, 0.25) is 5.91 Å². The molecular weight excluding hydrogens is 512 g/mol. The van der Waals surface area contributed by atoms with Crippen molar-refractivity contribution in [2.45, 2.75) is 31.8 Å². The third kappa shape index (κ3) is 7.09. The molecule has 40 heavy (non-hydrogen) atoms. The van der Waals surface area contributed by atoms with Crippen LogP contribution in [0.4, 0.5) is 16.2 Å². The van der Waals surface area contributed by atoms with Crippen molar-refractivity contribution in [1.29, 1.82) is 0 Å². The molecule has 3 aromatic rings. The zero-order valence-electron chi connectivity index (χ0n) is 22.8. The van der Waals surface area contributed by atoms with E-state index < -0.39 is 12.0 Å². The van der Waals surface area contributed by atoms with Crippen LogP contribution >= 0.6 is 0 Å². The molecule has 0 radical (unpaired) electrons. The van der Waals surface area contributed by atoms with Gasteiger partial charge in [0.1, 0.15) is 18.1 Å². The van der Waals surface area contributed by atoms with Gasteiger partial charge in [0.25, 0.3) is 0 Å². The van der Waals surface area contributed by atoms with Crippen LogP contribution in [-0.4, -0.2) is 67.3 Å². The molecule has 10 nitrogen and oxygen atoms in total. The number of anilines is 2. The lowest BCUT2D eigenvalue weighted by atomic mass is 10.1. The quantitative estimate of drug-likeness (QED) is 0.301. The van der Waals surface area contributed by atoms with Gasteiger partial charge in [-0.1, -0.05) is 24.3 Å². The number of amides is 3. The molecule has 4 N–H and O–H groups in total. The summed E-state index contributed by atoms with van der Waals surface area (Å²) in [7, 11) is 3.38. The van der Waals surface area contributed by atoms with Crippen LogP contribution < -0.4 is 25.4 Å². The Hall–Kier alpha value is -4.57. The number of ether oxygens (including phenoxy) is 2. The van der Waals surface area contributed by atoms with Crippen LogP contribution in [-0.2, 0) is 11.2 Å². The number of nitrogens with zero attached hydrogens (tertiary/aromatic N) is 1. The molecule has 0 unspecified atom stereocenters. The molecule has 4 rings (SSSR count). The molecule has 1 aliphatic rings. The van der Waals surface area contributed by atoms with Gasteiger partial charge < -0.3 is 35.4 Å². The zero-order valence-corrected chi connectivity index (χ0v) is 22.8. The van der Waals surface area contributed by atoms with Gasteiger partial charge in [-0.25, -0.2) is 9.59 Å². The number of rotatable bonds is 10. The van der Waals surface area contributed by atoms with Crippen molar-refractivity contribution in [2.24, 2.45) is 0 Å². The fourth-order valence-electron chi connectivity index (χ4n) is 4.69. The maximum atomic E-state index is 13.4. The van der Waals surface area contributed by atoms with Crippen LogP contribution in [0.3, 0.4) is 0 Å².